The van der Waals surface area contributed by atoms with Gasteiger partial charge in [0.05, 0.1) is 5.92 Å². The Hall–Kier alpha value is -2.04. The van der Waals surface area contributed by atoms with Crippen LogP contribution < -0.4 is 0 Å². The standard InChI is InChI=1S/C16H22N2O3/c1-3-4-9-17(2)16(21)18-10-12-7-5-6-8-13(12)14(11-18)15(19)20/h5-8,14H,3-4,9-11H2,1-2H3,(H,19,20). The molecule has 1 unspecified atom stereocenters. The molecular weight excluding hydrogens is 268 g/mol. The van der Waals surface area contributed by atoms with Crippen molar-refractivity contribution in [1.29, 1.82) is 0 Å². The average molecular weight is 290 g/mol. The van der Waals surface area contributed by atoms with Crippen LogP contribution in [0.5, 0.6) is 0 Å². The SMILES string of the molecule is CCCCN(C)C(=O)N1Cc2ccccc2C(C(=O)O)C1. The molecule has 1 aromatic rings. The van der Waals surface area contributed by atoms with Gasteiger partial charge >= 0.3 is 12.0 Å². The van der Waals surface area contributed by atoms with Crippen LogP contribution in [0.2, 0.25) is 0 Å². The smallest absolute Gasteiger partial charge is 0.320 e. The molecule has 2 amide bonds. The molecule has 1 heterocycles. The van der Waals surface area contributed by atoms with Crippen LogP contribution >= 0.6 is 0 Å². The highest BCUT2D eigenvalue weighted by atomic mass is 16.4. The summed E-state index contributed by atoms with van der Waals surface area (Å²) < 4.78 is 0. The second kappa shape index (κ2) is 6.61. The average Bonchev–Trinajstić information content (AvgIpc) is 2.50. The Labute approximate surface area is 125 Å². The molecule has 1 aliphatic heterocycles. The van der Waals surface area contributed by atoms with Crippen LogP contribution in [-0.2, 0) is 11.3 Å². The lowest BCUT2D eigenvalue weighted by molar-refractivity contribution is -0.139. The Morgan fingerprint density at radius 2 is 2.10 bits per heavy atom. The Balaban J connectivity index is 2.17. The topological polar surface area (TPSA) is 60.9 Å². The fourth-order valence-electron chi connectivity index (χ4n) is 2.70. The highest BCUT2D eigenvalue weighted by Gasteiger charge is 2.33. The molecule has 0 saturated carbocycles. The quantitative estimate of drug-likeness (QED) is 0.927. The minimum absolute atomic E-state index is 0.0933. The van der Waals surface area contributed by atoms with Crippen molar-refractivity contribution in [3.63, 3.8) is 0 Å². The number of carbonyl (C=O) groups excluding carboxylic acids is 1. The van der Waals surface area contributed by atoms with E-state index in [2.05, 4.69) is 6.92 Å². The van der Waals surface area contributed by atoms with Gasteiger partial charge in [0.1, 0.15) is 0 Å². The van der Waals surface area contributed by atoms with Crippen molar-refractivity contribution in [3.05, 3.63) is 35.4 Å². The predicted octanol–water partition coefficient (Wildman–Crippen LogP) is 2.52. The largest absolute Gasteiger partial charge is 0.481 e. The van der Waals surface area contributed by atoms with E-state index in [4.69, 9.17) is 0 Å². The first-order chi connectivity index (χ1) is 10.0. The van der Waals surface area contributed by atoms with Gasteiger partial charge in [-0.15, -0.1) is 0 Å². The number of rotatable bonds is 4. The van der Waals surface area contributed by atoms with E-state index >= 15 is 0 Å². The first-order valence-corrected chi connectivity index (χ1v) is 7.35. The summed E-state index contributed by atoms with van der Waals surface area (Å²) in [6, 6.07) is 7.38. The van der Waals surface area contributed by atoms with E-state index in [1.165, 1.54) is 0 Å². The van der Waals surface area contributed by atoms with Gasteiger partial charge in [-0.1, -0.05) is 37.6 Å². The first-order valence-electron chi connectivity index (χ1n) is 7.35. The van der Waals surface area contributed by atoms with Crippen LogP contribution in [0.3, 0.4) is 0 Å². The van der Waals surface area contributed by atoms with Gasteiger partial charge < -0.3 is 14.9 Å². The van der Waals surface area contributed by atoms with Crippen LogP contribution in [0.1, 0.15) is 36.8 Å². The highest BCUT2D eigenvalue weighted by molar-refractivity contribution is 5.80. The molecule has 0 saturated heterocycles. The van der Waals surface area contributed by atoms with Crippen molar-refractivity contribution in [2.75, 3.05) is 20.1 Å². The summed E-state index contributed by atoms with van der Waals surface area (Å²) in [5, 5.41) is 9.41. The number of hydrogen-bond acceptors (Lipinski definition) is 2. The number of carboxylic acid groups (broad SMARTS) is 1. The zero-order valence-corrected chi connectivity index (χ0v) is 12.6. The number of fused-ring (bicyclic) bond motifs is 1. The summed E-state index contributed by atoms with van der Waals surface area (Å²) in [4.78, 5) is 27.2. The van der Waals surface area contributed by atoms with Gasteiger partial charge in [0.25, 0.3) is 0 Å². The van der Waals surface area contributed by atoms with E-state index in [0.29, 0.717) is 13.1 Å². The third-order valence-electron chi connectivity index (χ3n) is 3.94. The summed E-state index contributed by atoms with van der Waals surface area (Å²) in [7, 11) is 1.77. The van der Waals surface area contributed by atoms with Crippen molar-refractivity contribution in [3.8, 4) is 0 Å². The molecule has 0 aliphatic carbocycles. The molecule has 2 rings (SSSR count). The fraction of sp³-hybridized carbons (Fsp3) is 0.500. The number of amides is 2. The van der Waals surface area contributed by atoms with Gasteiger partial charge in [-0.05, 0) is 17.5 Å². The van der Waals surface area contributed by atoms with Crippen molar-refractivity contribution in [1.82, 2.24) is 9.80 Å². The maximum Gasteiger partial charge on any atom is 0.320 e. The van der Waals surface area contributed by atoms with Gasteiger partial charge in [-0.2, -0.15) is 0 Å². The zero-order chi connectivity index (χ0) is 15.4. The van der Waals surface area contributed by atoms with Crippen molar-refractivity contribution >= 4 is 12.0 Å². The number of hydrogen-bond donors (Lipinski definition) is 1. The first kappa shape index (κ1) is 15.4. The Kier molecular flexibility index (Phi) is 4.83. The number of carboxylic acids is 1. The van der Waals surface area contributed by atoms with E-state index < -0.39 is 11.9 Å². The third-order valence-corrected chi connectivity index (χ3v) is 3.94. The number of nitrogens with zero attached hydrogens (tertiary/aromatic N) is 2. The summed E-state index contributed by atoms with van der Waals surface area (Å²) in [6.07, 6.45) is 1.98. The number of aliphatic carboxylic acids is 1. The zero-order valence-electron chi connectivity index (χ0n) is 12.6. The second-order valence-corrected chi connectivity index (χ2v) is 5.53. The molecule has 114 valence electrons. The van der Waals surface area contributed by atoms with Crippen molar-refractivity contribution < 1.29 is 14.7 Å². The number of benzene rings is 1. The molecule has 0 radical (unpaired) electrons. The lowest BCUT2D eigenvalue weighted by Gasteiger charge is -2.35. The van der Waals surface area contributed by atoms with E-state index in [-0.39, 0.29) is 12.6 Å². The lowest BCUT2D eigenvalue weighted by Crippen LogP contribution is -2.46. The summed E-state index contributed by atoms with van der Waals surface area (Å²) in [5.74, 6) is -1.52. The lowest BCUT2D eigenvalue weighted by atomic mass is 9.90. The number of urea groups is 1. The molecule has 1 aromatic carbocycles. The highest BCUT2D eigenvalue weighted by Crippen LogP contribution is 2.28. The fourth-order valence-corrected chi connectivity index (χ4v) is 2.70. The van der Waals surface area contributed by atoms with Crippen LogP contribution in [0, 0.1) is 0 Å². The summed E-state index contributed by atoms with van der Waals surface area (Å²) >= 11 is 0. The van der Waals surface area contributed by atoms with Crippen LogP contribution in [-0.4, -0.2) is 47.0 Å². The van der Waals surface area contributed by atoms with Gasteiger partial charge in [0.15, 0.2) is 0 Å². The minimum atomic E-state index is -0.879. The molecule has 0 bridgehead atoms. The monoisotopic (exact) mass is 290 g/mol. The molecule has 1 aliphatic rings. The Morgan fingerprint density at radius 1 is 1.38 bits per heavy atom. The molecule has 0 spiro atoms. The third kappa shape index (κ3) is 3.35. The Morgan fingerprint density at radius 3 is 2.76 bits per heavy atom. The summed E-state index contributed by atoms with van der Waals surface area (Å²) in [6.45, 7) is 3.50. The van der Waals surface area contributed by atoms with E-state index in [9.17, 15) is 14.7 Å². The van der Waals surface area contributed by atoms with Gasteiger partial charge in [0, 0.05) is 26.7 Å². The van der Waals surface area contributed by atoms with Crippen LogP contribution in [0.15, 0.2) is 24.3 Å². The molecule has 0 aromatic heterocycles. The predicted molar refractivity (Wildman–Crippen MR) is 80.2 cm³/mol. The number of carbonyl (C=O) groups is 2. The van der Waals surface area contributed by atoms with E-state index in [1.54, 1.807) is 16.8 Å². The molecule has 1 atom stereocenters. The molecular formula is C16H22N2O3. The van der Waals surface area contributed by atoms with Gasteiger partial charge in [-0.3, -0.25) is 4.79 Å². The van der Waals surface area contributed by atoms with Crippen LogP contribution in [0.4, 0.5) is 4.79 Å². The van der Waals surface area contributed by atoms with E-state index in [0.717, 1.165) is 24.0 Å². The normalized spacial score (nSPS) is 17.2. The number of unbranched alkanes of at least 4 members (excludes halogenated alkanes) is 1. The van der Waals surface area contributed by atoms with Crippen LogP contribution in [0.25, 0.3) is 0 Å². The van der Waals surface area contributed by atoms with Crippen molar-refractivity contribution in [2.24, 2.45) is 0 Å². The maximum absolute atomic E-state index is 12.4. The van der Waals surface area contributed by atoms with Gasteiger partial charge in [0.2, 0.25) is 0 Å². The Bertz CT molecular complexity index is 530. The summed E-state index contributed by atoms with van der Waals surface area (Å²) in [5.41, 5.74) is 1.75. The van der Waals surface area contributed by atoms with Gasteiger partial charge in [-0.25, -0.2) is 4.79 Å². The molecule has 5 nitrogen and oxygen atoms in total. The molecule has 21 heavy (non-hydrogen) atoms. The van der Waals surface area contributed by atoms with E-state index in [1.807, 2.05) is 24.3 Å². The minimum Gasteiger partial charge on any atom is -0.481 e. The molecule has 0 fully saturated rings. The molecule has 5 heteroatoms. The molecule has 1 N–H and O–H groups in total. The van der Waals surface area contributed by atoms with Crippen molar-refractivity contribution in [2.45, 2.75) is 32.2 Å². The maximum atomic E-state index is 12.4. The second-order valence-electron chi connectivity index (χ2n) is 5.53.